The van der Waals surface area contributed by atoms with Gasteiger partial charge >= 0.3 is 5.97 Å². The zero-order valence-electron chi connectivity index (χ0n) is 19.5. The number of hydrogen-bond acceptors (Lipinski definition) is 3. The van der Waals surface area contributed by atoms with Gasteiger partial charge in [-0.2, -0.15) is 0 Å². The molecule has 0 unspecified atom stereocenters. The van der Waals surface area contributed by atoms with Crippen LogP contribution in [0.4, 0.5) is 0 Å². The molecule has 0 spiro atoms. The van der Waals surface area contributed by atoms with Crippen molar-refractivity contribution in [3.8, 4) is 33.8 Å². The van der Waals surface area contributed by atoms with Crippen molar-refractivity contribution in [2.45, 2.75) is 26.2 Å². The molecule has 0 fully saturated rings. The van der Waals surface area contributed by atoms with Crippen LogP contribution in [0.3, 0.4) is 0 Å². The molecule has 0 bridgehead atoms. The number of hydrogen-bond donors (Lipinski definition) is 0. The molecule has 0 N–H and O–H groups in total. The highest BCUT2D eigenvalue weighted by molar-refractivity contribution is 5.70. The van der Waals surface area contributed by atoms with E-state index >= 15 is 0 Å². The van der Waals surface area contributed by atoms with Crippen molar-refractivity contribution in [3.05, 3.63) is 108 Å². The highest BCUT2D eigenvalue weighted by Gasteiger charge is 2.23. The van der Waals surface area contributed by atoms with Gasteiger partial charge in [-0.05, 0) is 57.6 Å². The Labute approximate surface area is 195 Å². The maximum Gasteiger partial charge on any atom is 0.308 e. The van der Waals surface area contributed by atoms with Gasteiger partial charge < -0.3 is 9.47 Å². The molecule has 4 rings (SSSR count). The molecule has 0 radical (unpaired) electrons. The number of esters is 1. The van der Waals surface area contributed by atoms with E-state index in [-0.39, 0.29) is 11.4 Å². The van der Waals surface area contributed by atoms with Gasteiger partial charge in [-0.1, -0.05) is 86.6 Å². The molecule has 0 aromatic heterocycles. The average Bonchev–Trinajstić information content (AvgIpc) is 2.84. The van der Waals surface area contributed by atoms with Gasteiger partial charge in [-0.25, -0.2) is 0 Å². The molecule has 3 nitrogen and oxygen atoms in total. The predicted molar refractivity (Wildman–Crippen MR) is 134 cm³/mol. The third kappa shape index (κ3) is 4.98. The van der Waals surface area contributed by atoms with Gasteiger partial charge in [0.15, 0.2) is 0 Å². The predicted octanol–water partition coefficient (Wildman–Crippen LogP) is 7.28. The van der Waals surface area contributed by atoms with Crippen LogP contribution >= 0.6 is 0 Å². The molecule has 3 heteroatoms. The molecule has 33 heavy (non-hydrogen) atoms. The van der Waals surface area contributed by atoms with Crippen molar-refractivity contribution >= 4 is 5.97 Å². The molecule has 0 saturated carbocycles. The summed E-state index contributed by atoms with van der Waals surface area (Å²) in [7, 11) is 1.68. The second kappa shape index (κ2) is 9.33. The van der Waals surface area contributed by atoms with Gasteiger partial charge in [0, 0.05) is 12.3 Å². The maximum absolute atomic E-state index is 11.1. The number of carbonyl (C=O) groups is 1. The van der Waals surface area contributed by atoms with Gasteiger partial charge in [-0.3, -0.25) is 4.79 Å². The van der Waals surface area contributed by atoms with E-state index < -0.39 is 0 Å². The van der Waals surface area contributed by atoms with E-state index in [4.69, 9.17) is 9.47 Å². The Morgan fingerprint density at radius 1 is 0.576 bits per heavy atom. The first kappa shape index (κ1) is 22.3. The van der Waals surface area contributed by atoms with Crippen LogP contribution in [0.1, 0.15) is 31.9 Å². The molecule has 0 aliphatic heterocycles. The SMILES string of the molecule is COc1ccc(-c2ccc(C(C)(C)c3ccc(-c4ccc(OC(C)=O)cc4)cc3)cc2)cc1. The van der Waals surface area contributed by atoms with Crippen LogP contribution in [-0.4, -0.2) is 13.1 Å². The fraction of sp³-hybridized carbons (Fsp3) is 0.167. The standard InChI is InChI=1S/C30H28O3/c1-21(31)33-29-19-11-25(12-20-29)23-7-15-27(16-8-23)30(2,3)26-13-5-22(6-14-26)24-9-17-28(32-4)18-10-24/h5-20H,1-4H3. The Kier molecular flexibility index (Phi) is 6.32. The highest BCUT2D eigenvalue weighted by Crippen LogP contribution is 2.34. The minimum absolute atomic E-state index is 0.129. The first-order valence-electron chi connectivity index (χ1n) is 11.0. The van der Waals surface area contributed by atoms with Crippen LogP contribution in [0.5, 0.6) is 11.5 Å². The zero-order chi connectivity index (χ0) is 23.4. The number of rotatable bonds is 6. The summed E-state index contributed by atoms with van der Waals surface area (Å²) in [5, 5.41) is 0. The van der Waals surface area contributed by atoms with E-state index in [2.05, 4.69) is 74.5 Å². The summed E-state index contributed by atoms with van der Waals surface area (Å²) in [5.41, 5.74) is 6.95. The van der Waals surface area contributed by atoms with Gasteiger partial charge in [0.05, 0.1) is 7.11 Å². The lowest BCUT2D eigenvalue weighted by Crippen LogP contribution is -2.18. The fourth-order valence-corrected chi connectivity index (χ4v) is 3.99. The normalized spacial score (nSPS) is 11.2. The molecule has 0 atom stereocenters. The maximum atomic E-state index is 11.1. The lowest BCUT2D eigenvalue weighted by Gasteiger charge is -2.26. The molecule has 166 valence electrons. The summed E-state index contributed by atoms with van der Waals surface area (Å²) in [6.45, 7) is 5.90. The summed E-state index contributed by atoms with van der Waals surface area (Å²) in [5.74, 6) is 1.11. The van der Waals surface area contributed by atoms with E-state index in [1.807, 2.05) is 36.4 Å². The van der Waals surface area contributed by atoms with Gasteiger partial charge in [-0.15, -0.1) is 0 Å². The van der Waals surface area contributed by atoms with Gasteiger partial charge in [0.25, 0.3) is 0 Å². The fourth-order valence-electron chi connectivity index (χ4n) is 3.99. The molecule has 0 aliphatic rings. The minimum Gasteiger partial charge on any atom is -0.497 e. The largest absolute Gasteiger partial charge is 0.497 e. The van der Waals surface area contributed by atoms with Crippen LogP contribution in [0.15, 0.2) is 97.1 Å². The van der Waals surface area contributed by atoms with Crippen LogP contribution in [0.25, 0.3) is 22.3 Å². The van der Waals surface area contributed by atoms with E-state index in [0.717, 1.165) is 16.9 Å². The number of ether oxygens (including phenoxy) is 2. The third-order valence-corrected chi connectivity index (χ3v) is 6.09. The van der Waals surface area contributed by atoms with Crippen LogP contribution in [-0.2, 0) is 10.2 Å². The van der Waals surface area contributed by atoms with Gasteiger partial charge in [0.1, 0.15) is 11.5 Å². The first-order chi connectivity index (χ1) is 15.9. The number of methoxy groups -OCH3 is 1. The second-order valence-electron chi connectivity index (χ2n) is 8.63. The molecule has 0 saturated heterocycles. The van der Waals surface area contributed by atoms with Crippen LogP contribution < -0.4 is 9.47 Å². The van der Waals surface area contributed by atoms with Crippen molar-refractivity contribution in [1.29, 1.82) is 0 Å². The average molecular weight is 437 g/mol. The molecular formula is C30H28O3. The highest BCUT2D eigenvalue weighted by atomic mass is 16.5. The summed E-state index contributed by atoms with van der Waals surface area (Å²) < 4.78 is 10.4. The van der Waals surface area contributed by atoms with Crippen LogP contribution in [0, 0.1) is 0 Å². The zero-order valence-corrected chi connectivity index (χ0v) is 19.5. The van der Waals surface area contributed by atoms with E-state index in [1.165, 1.54) is 29.2 Å². The molecule has 0 amide bonds. The summed E-state index contributed by atoms with van der Waals surface area (Å²) in [6.07, 6.45) is 0. The van der Waals surface area contributed by atoms with Crippen molar-refractivity contribution in [2.75, 3.05) is 7.11 Å². The minimum atomic E-state index is -0.314. The topological polar surface area (TPSA) is 35.5 Å². The number of carbonyl (C=O) groups excluding carboxylic acids is 1. The van der Waals surface area contributed by atoms with Crippen molar-refractivity contribution < 1.29 is 14.3 Å². The van der Waals surface area contributed by atoms with Gasteiger partial charge in [0.2, 0.25) is 0 Å². The summed E-state index contributed by atoms with van der Waals surface area (Å²) >= 11 is 0. The molecule has 0 heterocycles. The van der Waals surface area contributed by atoms with E-state index in [1.54, 1.807) is 7.11 Å². The molecule has 0 aliphatic carbocycles. The Balaban J connectivity index is 1.52. The second-order valence-corrected chi connectivity index (χ2v) is 8.63. The summed E-state index contributed by atoms with van der Waals surface area (Å²) in [6, 6.07) is 33.1. The summed E-state index contributed by atoms with van der Waals surface area (Å²) in [4.78, 5) is 11.1. The molecular weight excluding hydrogens is 408 g/mol. The van der Waals surface area contributed by atoms with Crippen molar-refractivity contribution in [2.24, 2.45) is 0 Å². The lowest BCUT2D eigenvalue weighted by molar-refractivity contribution is -0.131. The Morgan fingerprint density at radius 2 is 0.909 bits per heavy atom. The van der Waals surface area contributed by atoms with Crippen LogP contribution in [0.2, 0.25) is 0 Å². The molecule has 4 aromatic carbocycles. The monoisotopic (exact) mass is 436 g/mol. The Morgan fingerprint density at radius 3 is 1.24 bits per heavy atom. The Hall–Kier alpha value is -3.85. The quantitative estimate of drug-likeness (QED) is 0.235. The number of benzene rings is 4. The molecule has 4 aromatic rings. The first-order valence-corrected chi connectivity index (χ1v) is 11.0. The van der Waals surface area contributed by atoms with E-state index in [9.17, 15) is 4.79 Å². The lowest BCUT2D eigenvalue weighted by atomic mass is 9.77. The van der Waals surface area contributed by atoms with Crippen molar-refractivity contribution in [1.82, 2.24) is 0 Å². The smallest absolute Gasteiger partial charge is 0.308 e. The van der Waals surface area contributed by atoms with Crippen molar-refractivity contribution in [3.63, 3.8) is 0 Å². The Bertz CT molecular complexity index is 1220. The van der Waals surface area contributed by atoms with E-state index in [0.29, 0.717) is 5.75 Å². The third-order valence-electron chi connectivity index (χ3n) is 6.09.